The lowest BCUT2D eigenvalue weighted by Crippen LogP contribution is -2.34. The van der Waals surface area contributed by atoms with Crippen LogP contribution in [0, 0.1) is 5.92 Å². The fourth-order valence-corrected chi connectivity index (χ4v) is 2.82. The van der Waals surface area contributed by atoms with Crippen molar-refractivity contribution in [1.82, 2.24) is 4.90 Å². The van der Waals surface area contributed by atoms with Gasteiger partial charge in [0.15, 0.2) is 5.96 Å². The number of nitrogens with zero attached hydrogens (tertiary/aromatic N) is 2. The average Bonchev–Trinajstić information content (AvgIpc) is 2.54. The first kappa shape index (κ1) is 20.0. The molecule has 2 rings (SSSR count). The second kappa shape index (κ2) is 10.7. The van der Waals surface area contributed by atoms with Gasteiger partial charge in [-0.05, 0) is 44.0 Å². The summed E-state index contributed by atoms with van der Waals surface area (Å²) in [4.78, 5) is 7.00. The van der Waals surface area contributed by atoms with Crippen LogP contribution in [-0.4, -0.2) is 44.1 Å². The lowest BCUT2D eigenvalue weighted by Gasteiger charge is -2.28. The van der Waals surface area contributed by atoms with E-state index in [4.69, 9.17) is 10.5 Å². The third kappa shape index (κ3) is 6.95. The van der Waals surface area contributed by atoms with Gasteiger partial charge in [0, 0.05) is 13.1 Å². The van der Waals surface area contributed by atoms with E-state index in [1.807, 2.05) is 24.3 Å². The van der Waals surface area contributed by atoms with E-state index >= 15 is 0 Å². The van der Waals surface area contributed by atoms with Gasteiger partial charge in [-0.15, -0.1) is 24.0 Å². The number of hydrogen-bond acceptors (Lipinski definition) is 3. The number of rotatable bonds is 6. The Bertz CT molecular complexity index is 489. The van der Waals surface area contributed by atoms with Crippen molar-refractivity contribution >= 4 is 35.6 Å². The monoisotopic (exact) mass is 432 g/mol. The van der Waals surface area contributed by atoms with Crippen molar-refractivity contribution in [3.63, 3.8) is 0 Å². The highest BCUT2D eigenvalue weighted by atomic mass is 127. The third-order valence-electron chi connectivity index (χ3n) is 3.96. The van der Waals surface area contributed by atoms with Gasteiger partial charge in [-0.1, -0.05) is 25.5 Å². The second-order valence-corrected chi connectivity index (χ2v) is 6.02. The molecule has 1 unspecified atom stereocenters. The van der Waals surface area contributed by atoms with Crippen molar-refractivity contribution in [3.8, 4) is 5.75 Å². The second-order valence-electron chi connectivity index (χ2n) is 6.02. The fourth-order valence-electron chi connectivity index (χ4n) is 2.82. The van der Waals surface area contributed by atoms with Gasteiger partial charge in [0.1, 0.15) is 5.75 Å². The summed E-state index contributed by atoms with van der Waals surface area (Å²) in [6.07, 6.45) is 4.03. The van der Waals surface area contributed by atoms with Crippen molar-refractivity contribution in [1.29, 1.82) is 0 Å². The Kier molecular flexibility index (Phi) is 9.31. The number of benzene rings is 1. The standard InChI is InChI=1S/C17H28N4O.HI/c1-14(13-21-10-6-3-7-11-21)12-19-17(18)20-15-8-4-5-9-16(15)22-2;/h4-5,8-9,14H,3,6-7,10-13H2,1-2H3,(H3,18,19,20);1H. The SMILES string of the molecule is COc1ccccc1NC(N)=NCC(C)CN1CCCCC1.I. The quantitative estimate of drug-likeness (QED) is 0.412. The highest BCUT2D eigenvalue weighted by molar-refractivity contribution is 14.0. The first-order chi connectivity index (χ1) is 10.7. The van der Waals surface area contributed by atoms with Crippen LogP contribution in [0.5, 0.6) is 5.75 Å². The number of likely N-dealkylation sites (tertiary alicyclic amines) is 1. The van der Waals surface area contributed by atoms with Crippen molar-refractivity contribution in [2.24, 2.45) is 16.6 Å². The molecule has 0 aromatic heterocycles. The molecular weight excluding hydrogens is 403 g/mol. The van der Waals surface area contributed by atoms with Crippen molar-refractivity contribution < 1.29 is 4.74 Å². The first-order valence-corrected chi connectivity index (χ1v) is 8.11. The van der Waals surface area contributed by atoms with Gasteiger partial charge in [-0.3, -0.25) is 4.99 Å². The lowest BCUT2D eigenvalue weighted by atomic mass is 10.1. The number of nitrogens with two attached hydrogens (primary N) is 1. The van der Waals surface area contributed by atoms with Crippen LogP contribution in [0.15, 0.2) is 29.3 Å². The summed E-state index contributed by atoms with van der Waals surface area (Å²) in [5.74, 6) is 1.72. The third-order valence-corrected chi connectivity index (χ3v) is 3.96. The largest absolute Gasteiger partial charge is 0.495 e. The summed E-state index contributed by atoms with van der Waals surface area (Å²) in [5, 5.41) is 3.11. The normalized spacial score (nSPS) is 17.2. The molecule has 1 aliphatic rings. The van der Waals surface area contributed by atoms with E-state index in [0.717, 1.165) is 24.5 Å². The van der Waals surface area contributed by atoms with Crippen LogP contribution in [0.3, 0.4) is 0 Å². The van der Waals surface area contributed by atoms with Crippen molar-refractivity contribution in [2.75, 3.05) is 38.6 Å². The van der Waals surface area contributed by atoms with E-state index in [0.29, 0.717) is 11.9 Å². The maximum absolute atomic E-state index is 5.98. The van der Waals surface area contributed by atoms with Crippen LogP contribution in [0.4, 0.5) is 5.69 Å². The molecule has 0 saturated carbocycles. The molecule has 1 fully saturated rings. The van der Waals surface area contributed by atoms with Crippen LogP contribution in [-0.2, 0) is 0 Å². The number of guanidine groups is 1. The molecule has 1 saturated heterocycles. The average molecular weight is 432 g/mol. The number of methoxy groups -OCH3 is 1. The van der Waals surface area contributed by atoms with E-state index in [9.17, 15) is 0 Å². The zero-order valence-electron chi connectivity index (χ0n) is 14.1. The number of para-hydroxylation sites is 2. The molecule has 0 radical (unpaired) electrons. The van der Waals surface area contributed by atoms with Gasteiger partial charge in [0.2, 0.25) is 0 Å². The molecule has 130 valence electrons. The minimum absolute atomic E-state index is 0. The van der Waals surface area contributed by atoms with Gasteiger partial charge in [-0.2, -0.15) is 0 Å². The Morgan fingerprint density at radius 2 is 2.00 bits per heavy atom. The van der Waals surface area contributed by atoms with Gasteiger partial charge >= 0.3 is 0 Å². The molecule has 1 atom stereocenters. The highest BCUT2D eigenvalue weighted by Crippen LogP contribution is 2.22. The molecular formula is C17H29IN4O. The summed E-state index contributed by atoms with van der Waals surface area (Å²) in [7, 11) is 1.65. The fraction of sp³-hybridized carbons (Fsp3) is 0.588. The Labute approximate surface area is 156 Å². The number of piperidine rings is 1. The molecule has 1 aromatic rings. The van der Waals surface area contributed by atoms with E-state index in [1.54, 1.807) is 7.11 Å². The molecule has 0 amide bonds. The number of hydrogen-bond donors (Lipinski definition) is 2. The Morgan fingerprint density at radius 1 is 1.30 bits per heavy atom. The molecule has 23 heavy (non-hydrogen) atoms. The minimum Gasteiger partial charge on any atom is -0.495 e. The Morgan fingerprint density at radius 3 is 2.70 bits per heavy atom. The van der Waals surface area contributed by atoms with Gasteiger partial charge in [-0.25, -0.2) is 0 Å². The molecule has 1 aliphatic heterocycles. The Balaban J connectivity index is 0.00000264. The molecule has 1 aromatic carbocycles. The van der Waals surface area contributed by atoms with E-state index in [1.165, 1.54) is 32.4 Å². The van der Waals surface area contributed by atoms with E-state index in [-0.39, 0.29) is 24.0 Å². The van der Waals surface area contributed by atoms with Crippen molar-refractivity contribution in [2.45, 2.75) is 26.2 Å². The molecule has 0 bridgehead atoms. The molecule has 0 spiro atoms. The van der Waals surface area contributed by atoms with Gasteiger partial charge < -0.3 is 20.7 Å². The summed E-state index contributed by atoms with van der Waals surface area (Å²) in [6, 6.07) is 7.70. The zero-order valence-corrected chi connectivity index (χ0v) is 16.5. The summed E-state index contributed by atoms with van der Waals surface area (Å²) in [5.41, 5.74) is 6.82. The van der Waals surface area contributed by atoms with E-state index in [2.05, 4.69) is 22.1 Å². The summed E-state index contributed by atoms with van der Waals surface area (Å²) in [6.45, 7) is 6.52. The lowest BCUT2D eigenvalue weighted by molar-refractivity contribution is 0.203. The van der Waals surface area contributed by atoms with Crippen LogP contribution < -0.4 is 15.8 Å². The summed E-state index contributed by atoms with van der Waals surface area (Å²) < 4.78 is 5.29. The minimum atomic E-state index is 0. The Hall–Kier alpha value is -1.02. The number of anilines is 1. The number of aliphatic imine (C=N–C) groups is 1. The molecule has 3 N–H and O–H groups in total. The maximum Gasteiger partial charge on any atom is 0.193 e. The molecule has 1 heterocycles. The molecule has 6 heteroatoms. The van der Waals surface area contributed by atoms with Gasteiger partial charge in [0.25, 0.3) is 0 Å². The zero-order chi connectivity index (χ0) is 15.8. The molecule has 5 nitrogen and oxygen atoms in total. The number of nitrogens with one attached hydrogen (secondary N) is 1. The molecule has 0 aliphatic carbocycles. The predicted molar refractivity (Wildman–Crippen MR) is 108 cm³/mol. The highest BCUT2D eigenvalue weighted by Gasteiger charge is 2.13. The summed E-state index contributed by atoms with van der Waals surface area (Å²) >= 11 is 0. The van der Waals surface area contributed by atoms with Crippen LogP contribution >= 0.6 is 24.0 Å². The predicted octanol–water partition coefficient (Wildman–Crippen LogP) is 3.16. The van der Waals surface area contributed by atoms with Crippen LogP contribution in [0.1, 0.15) is 26.2 Å². The topological polar surface area (TPSA) is 62.9 Å². The number of ether oxygens (including phenoxy) is 1. The smallest absolute Gasteiger partial charge is 0.193 e. The van der Waals surface area contributed by atoms with Gasteiger partial charge in [0.05, 0.1) is 12.8 Å². The van der Waals surface area contributed by atoms with Crippen LogP contribution in [0.2, 0.25) is 0 Å². The van der Waals surface area contributed by atoms with E-state index < -0.39 is 0 Å². The van der Waals surface area contributed by atoms with Crippen molar-refractivity contribution in [3.05, 3.63) is 24.3 Å². The first-order valence-electron chi connectivity index (χ1n) is 8.11. The van der Waals surface area contributed by atoms with Crippen LogP contribution in [0.25, 0.3) is 0 Å². The maximum atomic E-state index is 5.98. The number of halogens is 1.